The van der Waals surface area contributed by atoms with E-state index in [2.05, 4.69) is 20.9 Å². The smallest absolute Gasteiger partial charge is 0.319 e. The molecule has 1 unspecified atom stereocenters. The molecule has 0 bridgehead atoms. The average Bonchev–Trinajstić information content (AvgIpc) is 2.67. The van der Waals surface area contributed by atoms with E-state index in [0.29, 0.717) is 34.0 Å². The van der Waals surface area contributed by atoms with Gasteiger partial charge in [-0.05, 0) is 25.1 Å². The highest BCUT2D eigenvalue weighted by atomic mass is 16.5. The summed E-state index contributed by atoms with van der Waals surface area (Å²) in [6.45, 7) is 1.68. The topological polar surface area (TPSA) is 102 Å². The predicted molar refractivity (Wildman–Crippen MR) is 99.5 cm³/mol. The van der Waals surface area contributed by atoms with Crippen molar-refractivity contribution in [1.82, 2.24) is 15.6 Å². The molecule has 1 aromatic carbocycles. The molecule has 0 fully saturated rings. The number of benzene rings is 1. The molecule has 3 amide bonds. The normalized spacial score (nSPS) is 16.3. The molecule has 3 rings (SSSR count). The number of nitrogens with zero attached hydrogens (tertiary/aromatic N) is 1. The van der Waals surface area contributed by atoms with E-state index < -0.39 is 12.1 Å². The Kier molecular flexibility index (Phi) is 5.25. The number of amides is 3. The maximum absolute atomic E-state index is 13.0. The van der Waals surface area contributed by atoms with Crippen molar-refractivity contribution in [2.75, 3.05) is 19.5 Å². The number of ether oxygens (including phenoxy) is 2. The Hall–Kier alpha value is -3.55. The molecule has 1 aliphatic rings. The third kappa shape index (κ3) is 3.69. The number of hydrogen-bond donors (Lipinski definition) is 3. The van der Waals surface area contributed by atoms with E-state index in [1.165, 1.54) is 14.2 Å². The number of anilines is 1. The summed E-state index contributed by atoms with van der Waals surface area (Å²) in [5.74, 6) is 0.599. The van der Waals surface area contributed by atoms with Crippen LogP contribution < -0.4 is 25.4 Å². The number of urea groups is 1. The molecule has 0 saturated heterocycles. The minimum absolute atomic E-state index is 0.358. The lowest BCUT2D eigenvalue weighted by atomic mass is 9.93. The van der Waals surface area contributed by atoms with Crippen molar-refractivity contribution in [2.45, 2.75) is 13.0 Å². The third-order valence-electron chi connectivity index (χ3n) is 4.18. The zero-order valence-corrected chi connectivity index (χ0v) is 15.2. The van der Waals surface area contributed by atoms with Gasteiger partial charge in [0.1, 0.15) is 0 Å². The van der Waals surface area contributed by atoms with Crippen LogP contribution in [-0.4, -0.2) is 31.1 Å². The van der Waals surface area contributed by atoms with Crippen LogP contribution in [0, 0.1) is 0 Å². The average molecular weight is 368 g/mol. The van der Waals surface area contributed by atoms with Crippen LogP contribution in [0.25, 0.3) is 0 Å². The molecule has 0 spiro atoms. The van der Waals surface area contributed by atoms with Crippen LogP contribution in [0.1, 0.15) is 18.5 Å². The summed E-state index contributed by atoms with van der Waals surface area (Å²) in [5, 5.41) is 8.23. The fraction of sp³-hybridized carbons (Fsp3) is 0.211. The molecule has 1 atom stereocenters. The molecule has 27 heavy (non-hydrogen) atoms. The molecule has 0 aliphatic carbocycles. The van der Waals surface area contributed by atoms with E-state index in [1.807, 2.05) is 0 Å². The molecule has 1 aliphatic heterocycles. The highest BCUT2D eigenvalue weighted by Crippen LogP contribution is 2.38. The van der Waals surface area contributed by atoms with Gasteiger partial charge in [-0.1, -0.05) is 12.1 Å². The van der Waals surface area contributed by atoms with Crippen molar-refractivity contribution in [3.63, 3.8) is 0 Å². The van der Waals surface area contributed by atoms with Crippen molar-refractivity contribution < 1.29 is 19.1 Å². The number of hydrogen-bond acceptors (Lipinski definition) is 5. The molecule has 2 heterocycles. The van der Waals surface area contributed by atoms with Gasteiger partial charge in [0.05, 0.1) is 37.7 Å². The van der Waals surface area contributed by atoms with Crippen LogP contribution in [0.3, 0.4) is 0 Å². The second-order valence-electron chi connectivity index (χ2n) is 5.85. The van der Waals surface area contributed by atoms with Gasteiger partial charge in [0.2, 0.25) is 0 Å². The third-order valence-corrected chi connectivity index (χ3v) is 4.18. The zero-order chi connectivity index (χ0) is 19.4. The van der Waals surface area contributed by atoms with Gasteiger partial charge in [-0.3, -0.25) is 9.78 Å². The lowest BCUT2D eigenvalue weighted by Gasteiger charge is -2.29. The zero-order valence-electron chi connectivity index (χ0n) is 15.2. The van der Waals surface area contributed by atoms with Crippen molar-refractivity contribution in [3.05, 3.63) is 59.6 Å². The first-order valence-electron chi connectivity index (χ1n) is 8.25. The second-order valence-corrected chi connectivity index (χ2v) is 5.85. The Balaban J connectivity index is 2.04. The Bertz CT molecular complexity index is 896. The summed E-state index contributed by atoms with van der Waals surface area (Å²) in [6, 6.07) is 7.65. The number of methoxy groups -OCH3 is 2. The number of allylic oxidation sites excluding steroid dienone is 1. The number of carbonyl (C=O) groups is 2. The summed E-state index contributed by atoms with van der Waals surface area (Å²) in [7, 11) is 3.04. The Morgan fingerprint density at radius 1 is 1.19 bits per heavy atom. The lowest BCUT2D eigenvalue weighted by Crippen LogP contribution is -2.46. The van der Waals surface area contributed by atoms with E-state index >= 15 is 0 Å². The summed E-state index contributed by atoms with van der Waals surface area (Å²) in [5.41, 5.74) is 1.98. The fourth-order valence-corrected chi connectivity index (χ4v) is 3.00. The van der Waals surface area contributed by atoms with E-state index in [4.69, 9.17) is 9.47 Å². The van der Waals surface area contributed by atoms with Gasteiger partial charge < -0.3 is 25.4 Å². The molecule has 8 heteroatoms. The van der Waals surface area contributed by atoms with Crippen molar-refractivity contribution in [3.8, 4) is 11.5 Å². The van der Waals surface area contributed by atoms with Crippen LogP contribution in [0.2, 0.25) is 0 Å². The minimum atomic E-state index is -0.708. The second kappa shape index (κ2) is 7.77. The number of rotatable bonds is 5. The SMILES string of the molecule is COc1cccc(C2NC(=O)NC(C)=C2C(=O)Nc2cccnc2)c1OC. The van der Waals surface area contributed by atoms with Gasteiger partial charge in [-0.25, -0.2) is 4.79 Å². The summed E-state index contributed by atoms with van der Waals surface area (Å²) in [4.78, 5) is 29.0. The van der Waals surface area contributed by atoms with Gasteiger partial charge in [0, 0.05) is 17.5 Å². The van der Waals surface area contributed by atoms with Crippen LogP contribution in [0.15, 0.2) is 54.0 Å². The van der Waals surface area contributed by atoms with Crippen LogP contribution in [-0.2, 0) is 4.79 Å². The predicted octanol–water partition coefficient (Wildman–Crippen LogP) is 2.37. The first-order valence-corrected chi connectivity index (χ1v) is 8.25. The van der Waals surface area contributed by atoms with Gasteiger partial charge in [-0.15, -0.1) is 0 Å². The van der Waals surface area contributed by atoms with E-state index in [0.717, 1.165) is 0 Å². The maximum Gasteiger partial charge on any atom is 0.319 e. The van der Waals surface area contributed by atoms with E-state index in [-0.39, 0.29) is 5.91 Å². The Labute approximate surface area is 156 Å². The van der Waals surface area contributed by atoms with Gasteiger partial charge in [-0.2, -0.15) is 0 Å². The number of para-hydroxylation sites is 1. The monoisotopic (exact) mass is 368 g/mol. The van der Waals surface area contributed by atoms with E-state index in [1.54, 1.807) is 49.6 Å². The lowest BCUT2D eigenvalue weighted by molar-refractivity contribution is -0.113. The summed E-state index contributed by atoms with van der Waals surface area (Å²) >= 11 is 0. The van der Waals surface area contributed by atoms with Crippen molar-refractivity contribution in [1.29, 1.82) is 0 Å². The maximum atomic E-state index is 13.0. The van der Waals surface area contributed by atoms with Crippen molar-refractivity contribution >= 4 is 17.6 Å². The largest absolute Gasteiger partial charge is 0.493 e. The molecular formula is C19H20N4O4. The Morgan fingerprint density at radius 3 is 2.67 bits per heavy atom. The van der Waals surface area contributed by atoms with Gasteiger partial charge >= 0.3 is 6.03 Å². The molecule has 2 aromatic rings. The summed E-state index contributed by atoms with van der Waals surface area (Å²) in [6.07, 6.45) is 3.16. The fourth-order valence-electron chi connectivity index (χ4n) is 3.00. The highest BCUT2D eigenvalue weighted by molar-refractivity contribution is 6.06. The first kappa shape index (κ1) is 18.2. The number of nitrogens with one attached hydrogen (secondary N) is 3. The number of aromatic nitrogens is 1. The highest BCUT2D eigenvalue weighted by Gasteiger charge is 2.33. The van der Waals surface area contributed by atoms with Gasteiger partial charge in [0.15, 0.2) is 11.5 Å². The minimum Gasteiger partial charge on any atom is -0.493 e. The first-order chi connectivity index (χ1) is 13.0. The molecule has 0 saturated carbocycles. The number of carbonyl (C=O) groups excluding carboxylic acids is 2. The molecule has 3 N–H and O–H groups in total. The standard InChI is InChI=1S/C19H20N4O4/c1-11-15(18(24)22-12-6-5-9-20-10-12)16(23-19(25)21-11)13-7-4-8-14(26-2)17(13)27-3/h4-10,16H,1-3H3,(H,22,24)(H2,21,23,25). The molecular weight excluding hydrogens is 348 g/mol. The van der Waals surface area contributed by atoms with Gasteiger partial charge in [0.25, 0.3) is 5.91 Å². The van der Waals surface area contributed by atoms with Crippen LogP contribution >= 0.6 is 0 Å². The summed E-state index contributed by atoms with van der Waals surface area (Å²) < 4.78 is 10.8. The molecule has 0 radical (unpaired) electrons. The van der Waals surface area contributed by atoms with Crippen LogP contribution in [0.5, 0.6) is 11.5 Å². The Morgan fingerprint density at radius 2 is 2.00 bits per heavy atom. The molecule has 140 valence electrons. The van der Waals surface area contributed by atoms with E-state index in [9.17, 15) is 9.59 Å². The quantitative estimate of drug-likeness (QED) is 0.752. The molecule has 1 aromatic heterocycles. The molecule has 8 nitrogen and oxygen atoms in total. The van der Waals surface area contributed by atoms with Crippen molar-refractivity contribution in [2.24, 2.45) is 0 Å². The van der Waals surface area contributed by atoms with Crippen LogP contribution in [0.4, 0.5) is 10.5 Å². The number of pyridine rings is 1.